The van der Waals surface area contributed by atoms with Crippen molar-refractivity contribution in [2.75, 3.05) is 0 Å². The molecule has 0 aromatic heterocycles. The standard InChI is InChI=1S/C14H19NO4/c15-11(14(18)19-10-3-1-2-4-10)7-9-5-6-12(16)13(17)8-9/h5-6,8,10-11,16-17H,1-4,7,15H2/t11-/m0/s1. The van der Waals surface area contributed by atoms with Crippen molar-refractivity contribution < 1.29 is 19.7 Å². The van der Waals surface area contributed by atoms with Crippen LogP contribution in [0, 0.1) is 0 Å². The molecule has 1 aliphatic carbocycles. The van der Waals surface area contributed by atoms with Crippen LogP contribution in [-0.4, -0.2) is 28.3 Å². The van der Waals surface area contributed by atoms with Gasteiger partial charge in [0, 0.05) is 0 Å². The smallest absolute Gasteiger partial charge is 0.323 e. The third kappa shape index (κ3) is 3.61. The van der Waals surface area contributed by atoms with E-state index in [0.29, 0.717) is 5.56 Å². The van der Waals surface area contributed by atoms with Crippen LogP contribution < -0.4 is 5.73 Å². The molecule has 19 heavy (non-hydrogen) atoms. The Bertz CT molecular complexity index is 455. The number of hydrogen-bond acceptors (Lipinski definition) is 5. The van der Waals surface area contributed by atoms with Crippen LogP contribution in [-0.2, 0) is 16.0 Å². The number of rotatable bonds is 4. The molecule has 1 saturated carbocycles. The summed E-state index contributed by atoms with van der Waals surface area (Å²) in [5.41, 5.74) is 6.48. The number of carbonyl (C=O) groups is 1. The second kappa shape index (κ2) is 5.93. The summed E-state index contributed by atoms with van der Waals surface area (Å²) in [6.07, 6.45) is 4.31. The third-order valence-corrected chi connectivity index (χ3v) is 3.38. The molecule has 1 fully saturated rings. The summed E-state index contributed by atoms with van der Waals surface area (Å²) in [6, 6.07) is 3.65. The summed E-state index contributed by atoms with van der Waals surface area (Å²) >= 11 is 0. The van der Waals surface area contributed by atoms with Gasteiger partial charge in [-0.3, -0.25) is 4.79 Å². The van der Waals surface area contributed by atoms with E-state index in [1.165, 1.54) is 12.1 Å². The van der Waals surface area contributed by atoms with Crippen molar-refractivity contribution in [3.05, 3.63) is 23.8 Å². The van der Waals surface area contributed by atoms with Gasteiger partial charge in [0.25, 0.3) is 0 Å². The van der Waals surface area contributed by atoms with Crippen LogP contribution in [0.4, 0.5) is 0 Å². The zero-order valence-corrected chi connectivity index (χ0v) is 10.7. The summed E-state index contributed by atoms with van der Waals surface area (Å²) in [4.78, 5) is 11.8. The van der Waals surface area contributed by atoms with Gasteiger partial charge in [0.05, 0.1) is 0 Å². The quantitative estimate of drug-likeness (QED) is 0.566. The maximum absolute atomic E-state index is 11.8. The first kappa shape index (κ1) is 13.7. The predicted octanol–water partition coefficient (Wildman–Crippen LogP) is 1.45. The SMILES string of the molecule is N[C@@H](Cc1ccc(O)c(O)c1)C(=O)OC1CCCC1. The van der Waals surface area contributed by atoms with Gasteiger partial charge in [0.1, 0.15) is 12.1 Å². The van der Waals surface area contributed by atoms with Gasteiger partial charge in [0.2, 0.25) is 0 Å². The van der Waals surface area contributed by atoms with Crippen LogP contribution in [0.5, 0.6) is 11.5 Å². The van der Waals surface area contributed by atoms with Crippen molar-refractivity contribution in [3.8, 4) is 11.5 Å². The largest absolute Gasteiger partial charge is 0.504 e. The molecule has 1 aliphatic rings. The molecule has 1 atom stereocenters. The Hall–Kier alpha value is -1.75. The van der Waals surface area contributed by atoms with Crippen LogP contribution in [0.15, 0.2) is 18.2 Å². The average molecular weight is 265 g/mol. The van der Waals surface area contributed by atoms with Crippen LogP contribution in [0.25, 0.3) is 0 Å². The highest BCUT2D eigenvalue weighted by Gasteiger charge is 2.23. The maximum Gasteiger partial charge on any atom is 0.323 e. The fraction of sp³-hybridized carbons (Fsp3) is 0.500. The third-order valence-electron chi connectivity index (χ3n) is 3.38. The molecule has 5 heteroatoms. The van der Waals surface area contributed by atoms with Crippen molar-refractivity contribution in [2.24, 2.45) is 5.73 Å². The molecular formula is C14H19NO4. The minimum absolute atomic E-state index is 0.00627. The van der Waals surface area contributed by atoms with Crippen molar-refractivity contribution in [1.29, 1.82) is 0 Å². The number of aromatic hydroxyl groups is 2. The van der Waals surface area contributed by atoms with Crippen LogP contribution in [0.2, 0.25) is 0 Å². The Balaban J connectivity index is 1.90. The highest BCUT2D eigenvalue weighted by molar-refractivity contribution is 5.76. The number of carbonyl (C=O) groups excluding carboxylic acids is 1. The van der Waals surface area contributed by atoms with E-state index in [1.54, 1.807) is 6.07 Å². The molecule has 0 aliphatic heterocycles. The van der Waals surface area contributed by atoms with E-state index in [1.807, 2.05) is 0 Å². The molecule has 1 aromatic rings. The first-order chi connectivity index (χ1) is 9.06. The lowest BCUT2D eigenvalue weighted by Crippen LogP contribution is -2.36. The Morgan fingerprint density at radius 2 is 2.00 bits per heavy atom. The van der Waals surface area contributed by atoms with Crippen LogP contribution >= 0.6 is 0 Å². The van der Waals surface area contributed by atoms with Gasteiger partial charge in [-0.1, -0.05) is 6.07 Å². The fourth-order valence-electron chi connectivity index (χ4n) is 2.29. The van der Waals surface area contributed by atoms with E-state index < -0.39 is 12.0 Å². The first-order valence-electron chi connectivity index (χ1n) is 6.53. The summed E-state index contributed by atoms with van der Waals surface area (Å²) in [7, 11) is 0. The Labute approximate surface area is 112 Å². The van der Waals surface area contributed by atoms with Gasteiger partial charge in [-0.2, -0.15) is 0 Å². The van der Waals surface area contributed by atoms with Gasteiger partial charge in [-0.15, -0.1) is 0 Å². The van der Waals surface area contributed by atoms with Gasteiger partial charge in [0.15, 0.2) is 11.5 Å². The average Bonchev–Trinajstić information content (AvgIpc) is 2.86. The molecule has 0 radical (unpaired) electrons. The van der Waals surface area contributed by atoms with E-state index in [-0.39, 0.29) is 24.0 Å². The van der Waals surface area contributed by atoms with Crippen molar-refractivity contribution >= 4 is 5.97 Å². The number of hydrogen-bond donors (Lipinski definition) is 3. The predicted molar refractivity (Wildman–Crippen MR) is 69.8 cm³/mol. The van der Waals surface area contributed by atoms with Gasteiger partial charge < -0.3 is 20.7 Å². The zero-order valence-electron chi connectivity index (χ0n) is 10.7. The molecule has 104 valence electrons. The molecule has 2 rings (SSSR count). The topological polar surface area (TPSA) is 92.8 Å². The van der Waals surface area contributed by atoms with Crippen molar-refractivity contribution in [3.63, 3.8) is 0 Å². The van der Waals surface area contributed by atoms with Gasteiger partial charge in [-0.05, 0) is 49.8 Å². The van der Waals surface area contributed by atoms with Crippen molar-refractivity contribution in [1.82, 2.24) is 0 Å². The number of benzene rings is 1. The van der Waals surface area contributed by atoms with E-state index in [2.05, 4.69) is 0 Å². The summed E-state index contributed by atoms with van der Waals surface area (Å²) in [5.74, 6) is -0.806. The van der Waals surface area contributed by atoms with E-state index >= 15 is 0 Å². The lowest BCUT2D eigenvalue weighted by molar-refractivity contribution is -0.150. The monoisotopic (exact) mass is 265 g/mol. The lowest BCUT2D eigenvalue weighted by Gasteiger charge is -2.16. The second-order valence-electron chi connectivity index (χ2n) is 4.98. The van der Waals surface area contributed by atoms with E-state index in [4.69, 9.17) is 10.5 Å². The zero-order chi connectivity index (χ0) is 13.8. The highest BCUT2D eigenvalue weighted by atomic mass is 16.5. The molecular weight excluding hydrogens is 246 g/mol. The molecule has 0 spiro atoms. The Morgan fingerprint density at radius 1 is 1.32 bits per heavy atom. The van der Waals surface area contributed by atoms with Crippen LogP contribution in [0.3, 0.4) is 0 Å². The molecule has 0 bridgehead atoms. The number of phenols is 2. The molecule has 1 aromatic carbocycles. The fourth-order valence-corrected chi connectivity index (χ4v) is 2.29. The molecule has 4 N–H and O–H groups in total. The summed E-state index contributed by atoms with van der Waals surface area (Å²) < 4.78 is 5.32. The van der Waals surface area contributed by atoms with Gasteiger partial charge >= 0.3 is 5.97 Å². The number of esters is 1. The van der Waals surface area contributed by atoms with Gasteiger partial charge in [-0.25, -0.2) is 0 Å². The minimum atomic E-state index is -0.746. The summed E-state index contributed by atoms with van der Waals surface area (Å²) in [6.45, 7) is 0. The second-order valence-corrected chi connectivity index (χ2v) is 4.98. The molecule has 5 nitrogen and oxygen atoms in total. The van der Waals surface area contributed by atoms with Crippen molar-refractivity contribution in [2.45, 2.75) is 44.2 Å². The number of nitrogens with two attached hydrogens (primary N) is 1. The first-order valence-corrected chi connectivity index (χ1v) is 6.53. The number of phenolic OH excluding ortho intramolecular Hbond substituents is 2. The lowest BCUT2D eigenvalue weighted by atomic mass is 10.1. The normalized spacial score (nSPS) is 17.3. The molecule has 0 saturated heterocycles. The Morgan fingerprint density at radius 3 is 2.63 bits per heavy atom. The number of ether oxygens (including phenoxy) is 1. The molecule has 0 heterocycles. The summed E-state index contributed by atoms with van der Waals surface area (Å²) in [5, 5.41) is 18.6. The molecule has 0 unspecified atom stereocenters. The molecule has 0 amide bonds. The van der Waals surface area contributed by atoms with E-state index in [9.17, 15) is 15.0 Å². The highest BCUT2D eigenvalue weighted by Crippen LogP contribution is 2.25. The Kier molecular flexibility index (Phi) is 4.27. The van der Waals surface area contributed by atoms with E-state index in [0.717, 1.165) is 25.7 Å². The minimum Gasteiger partial charge on any atom is -0.504 e. The van der Waals surface area contributed by atoms with Crippen LogP contribution in [0.1, 0.15) is 31.2 Å². The maximum atomic E-state index is 11.8.